The number of fused-ring (bicyclic) bond motifs is 2. The van der Waals surface area contributed by atoms with Crippen LogP contribution in [0.2, 0.25) is 0 Å². The van der Waals surface area contributed by atoms with Crippen molar-refractivity contribution in [3.05, 3.63) is 44.4 Å². The number of nitriles is 1. The number of thioether (sulfide) groups is 1. The lowest BCUT2D eigenvalue weighted by molar-refractivity contribution is -0.0123. The molecule has 1 aliphatic carbocycles. The molecular weight excluding hydrogens is 733 g/mol. The zero-order valence-corrected chi connectivity index (χ0v) is 36.0. The number of aromatic nitrogens is 3. The number of hydrogen-bond acceptors (Lipinski definition) is 10. The summed E-state index contributed by atoms with van der Waals surface area (Å²) in [4.78, 5) is 20.9. The van der Waals surface area contributed by atoms with E-state index in [9.17, 15) is 10.4 Å². The third kappa shape index (κ3) is 10.5. The molecule has 300 valence electrons. The Labute approximate surface area is 332 Å². The van der Waals surface area contributed by atoms with Gasteiger partial charge in [-0.3, -0.25) is 9.98 Å². The first-order valence-electron chi connectivity index (χ1n) is 19.8. The summed E-state index contributed by atoms with van der Waals surface area (Å²) in [6, 6.07) is 4.41. The Morgan fingerprint density at radius 1 is 1.27 bits per heavy atom. The number of hydrogen-bond donors (Lipinski definition) is 3. The molecule has 13 heteroatoms. The van der Waals surface area contributed by atoms with Gasteiger partial charge in [0.05, 0.1) is 70.7 Å². The van der Waals surface area contributed by atoms with Crippen LogP contribution in [0.1, 0.15) is 99.8 Å². The zero-order valence-electron chi connectivity index (χ0n) is 34.1. The number of pyridine rings is 1. The average molecular weight is 794 g/mol. The summed E-state index contributed by atoms with van der Waals surface area (Å²) in [6.45, 7) is 18.4. The highest BCUT2D eigenvalue weighted by Crippen LogP contribution is 2.34. The van der Waals surface area contributed by atoms with Gasteiger partial charge in [-0.05, 0) is 46.1 Å². The molecule has 55 heavy (non-hydrogen) atoms. The van der Waals surface area contributed by atoms with Crippen molar-refractivity contribution in [2.24, 2.45) is 10.4 Å². The van der Waals surface area contributed by atoms with E-state index < -0.39 is 11.4 Å². The van der Waals surface area contributed by atoms with Crippen LogP contribution in [0.25, 0.3) is 22.9 Å². The van der Waals surface area contributed by atoms with Crippen molar-refractivity contribution in [3.8, 4) is 23.3 Å². The number of aliphatic hydroxyl groups is 1. The normalized spacial score (nSPS) is 20.3. The first kappa shape index (κ1) is 44.4. The van der Waals surface area contributed by atoms with Crippen LogP contribution in [0.5, 0.6) is 6.01 Å². The molecule has 4 atom stereocenters. The molecular formula is C42H61FN7O3PS. The van der Waals surface area contributed by atoms with Crippen LogP contribution in [0.3, 0.4) is 0 Å². The highest BCUT2D eigenvalue weighted by atomic mass is 32.2. The summed E-state index contributed by atoms with van der Waals surface area (Å²) in [5, 5.41) is 32.9. The predicted molar refractivity (Wildman–Crippen MR) is 226 cm³/mol. The Morgan fingerprint density at radius 2 is 2.00 bits per heavy atom. The van der Waals surface area contributed by atoms with Crippen molar-refractivity contribution in [2.45, 2.75) is 116 Å². The Kier molecular flexibility index (Phi) is 16.3. The summed E-state index contributed by atoms with van der Waals surface area (Å²) in [5.41, 5.74) is 0.581. The minimum absolute atomic E-state index is 0.0365. The average Bonchev–Trinajstić information content (AvgIpc) is 3.36. The Morgan fingerprint density at radius 3 is 2.67 bits per heavy atom. The van der Waals surface area contributed by atoms with Crippen molar-refractivity contribution in [3.63, 3.8) is 0 Å². The molecule has 1 aromatic rings. The minimum Gasteiger partial charge on any atom is -0.464 e. The molecule has 3 N–H and O–H groups in total. The molecule has 0 bridgehead atoms. The molecule has 1 fully saturated rings. The van der Waals surface area contributed by atoms with E-state index in [1.165, 1.54) is 24.4 Å². The predicted octanol–water partition coefficient (Wildman–Crippen LogP) is 6.87. The Balaban J connectivity index is 0.00000331. The lowest BCUT2D eigenvalue weighted by atomic mass is 9.81. The van der Waals surface area contributed by atoms with Gasteiger partial charge >= 0.3 is 0 Å². The van der Waals surface area contributed by atoms with Crippen LogP contribution in [0.4, 0.5) is 10.2 Å². The summed E-state index contributed by atoms with van der Waals surface area (Å²) >= 11 is 1.21. The monoisotopic (exact) mass is 793 g/mol. The van der Waals surface area contributed by atoms with Gasteiger partial charge in [0.2, 0.25) is 0 Å². The molecule has 4 heterocycles. The minimum atomic E-state index is -1.12. The molecule has 1 aromatic heterocycles. The van der Waals surface area contributed by atoms with E-state index in [0.29, 0.717) is 69.9 Å². The third-order valence-corrected chi connectivity index (χ3v) is 11.5. The van der Waals surface area contributed by atoms with Gasteiger partial charge in [0.1, 0.15) is 17.5 Å². The van der Waals surface area contributed by atoms with Gasteiger partial charge < -0.3 is 29.9 Å². The number of anilines is 1. The molecule has 4 unspecified atom stereocenters. The number of nitrogens with one attached hydrogen (secondary N) is 2. The van der Waals surface area contributed by atoms with E-state index in [2.05, 4.69) is 57.9 Å². The van der Waals surface area contributed by atoms with Crippen molar-refractivity contribution in [1.82, 2.24) is 15.0 Å². The molecule has 0 radical (unpaired) electrons. The van der Waals surface area contributed by atoms with E-state index in [4.69, 9.17) is 24.9 Å². The fraction of sp³-hybridized carbons (Fsp3) is 0.595. The fourth-order valence-corrected chi connectivity index (χ4v) is 8.14. The molecule has 4 aliphatic rings. The number of ether oxygens (including phenoxy) is 2. The van der Waals surface area contributed by atoms with Gasteiger partial charge in [0, 0.05) is 39.4 Å². The maximum atomic E-state index is 15.4. The summed E-state index contributed by atoms with van der Waals surface area (Å²) in [5.74, 6) is 0.317. The standard InChI is InChI=1S/C41H56FN7O3S.CH5P/c1-8-12-14-16-40(6,15-13-9-2)24-52-39-47-32-19-28(36-34-29(20-43)31(44)22-53-37(34)30(42)21-45-36)35(46-26(5)10-3)27(11-4)33(32)38(48-39)49-17-18-51-25-41(7,50)23-49;1-2/h11,19,21,26,44,50H,8-10,12-18,22-25H2,1-7H3,(H,47,48);2H2,1H3/b27-11-,36-28+,44-31?,46-35?;. The summed E-state index contributed by atoms with van der Waals surface area (Å²) < 4.78 is 27.8. The second-order valence-electron chi connectivity index (χ2n) is 15.2. The topological polar surface area (TPSA) is 144 Å². The van der Waals surface area contributed by atoms with Crippen LogP contribution in [-0.4, -0.2) is 82.7 Å². The van der Waals surface area contributed by atoms with Gasteiger partial charge in [-0.15, -0.1) is 21.0 Å². The lowest BCUT2D eigenvalue weighted by Gasteiger charge is -2.32. The number of halogens is 1. The smallest absolute Gasteiger partial charge is 0.295 e. The zero-order chi connectivity index (χ0) is 40.3. The largest absolute Gasteiger partial charge is 0.464 e. The number of β-amino-alcohol motifs (C(OH)–C–C–N with tert-alkyl or cyclic N) is 1. The molecule has 1 saturated heterocycles. The second kappa shape index (κ2) is 20.2. The highest BCUT2D eigenvalue weighted by Gasteiger charge is 2.32. The van der Waals surface area contributed by atoms with Crippen molar-refractivity contribution >= 4 is 44.2 Å². The first-order chi connectivity index (χ1) is 26.4. The lowest BCUT2D eigenvalue weighted by Crippen LogP contribution is -2.43. The first-order valence-corrected chi connectivity index (χ1v) is 21.9. The maximum Gasteiger partial charge on any atom is 0.295 e. The molecule has 5 rings (SSSR count). The highest BCUT2D eigenvalue weighted by molar-refractivity contribution is 8.00. The third-order valence-electron chi connectivity index (χ3n) is 10.3. The van der Waals surface area contributed by atoms with Crippen molar-refractivity contribution < 1.29 is 19.0 Å². The van der Waals surface area contributed by atoms with Gasteiger partial charge in [-0.2, -0.15) is 10.2 Å². The summed E-state index contributed by atoms with van der Waals surface area (Å²) in [7, 11) is 2.42. The number of H-pyrrole nitrogens is 1. The van der Waals surface area contributed by atoms with Gasteiger partial charge in [0.15, 0.2) is 5.82 Å². The van der Waals surface area contributed by atoms with Gasteiger partial charge in [-0.1, -0.05) is 72.5 Å². The summed E-state index contributed by atoms with van der Waals surface area (Å²) in [6.07, 6.45) is 11.8. The quantitative estimate of drug-likeness (QED) is 0.126. The van der Waals surface area contributed by atoms with Crippen LogP contribution in [0, 0.1) is 38.5 Å². The molecule has 0 amide bonds. The Hall–Kier alpha value is -3.36. The van der Waals surface area contributed by atoms with Gasteiger partial charge in [0.25, 0.3) is 6.01 Å². The molecule has 0 spiro atoms. The SMILES string of the molecule is C/C=c1/c2c(N3CCOCC(C)(O)C3)nc(OCC(C)(CCCC)CCCCC)[nH]c-2c/c(=c2\ncc(F)c3c2=C(C#N)C(=N)CS3)c1=NC(C)CC.CP. The van der Waals surface area contributed by atoms with Crippen LogP contribution in [0.15, 0.2) is 22.2 Å². The maximum absolute atomic E-state index is 15.4. The molecule has 0 saturated carbocycles. The molecule has 10 nitrogen and oxygen atoms in total. The van der Waals surface area contributed by atoms with E-state index in [0.717, 1.165) is 55.7 Å². The van der Waals surface area contributed by atoms with Crippen LogP contribution in [-0.2, 0) is 4.74 Å². The van der Waals surface area contributed by atoms with Crippen molar-refractivity contribution in [1.29, 1.82) is 10.7 Å². The van der Waals surface area contributed by atoms with E-state index >= 15 is 4.39 Å². The van der Waals surface area contributed by atoms with Gasteiger partial charge in [-0.25, -0.2) is 4.39 Å². The fourth-order valence-electron chi connectivity index (χ4n) is 7.18. The number of unbranched alkanes of at least 4 members (excludes halogenated alkanes) is 3. The Bertz CT molecular complexity index is 2120. The number of aromatic amines is 1. The number of nitrogens with zero attached hydrogens (tertiary/aromatic N) is 5. The number of benzene rings is 1. The van der Waals surface area contributed by atoms with E-state index in [1.807, 2.05) is 32.7 Å². The van der Waals surface area contributed by atoms with Crippen LogP contribution >= 0.6 is 21.0 Å². The van der Waals surface area contributed by atoms with E-state index in [-0.39, 0.29) is 35.1 Å². The molecule has 3 aliphatic heterocycles. The second-order valence-corrected chi connectivity index (χ2v) is 16.2. The molecule has 0 aromatic carbocycles. The van der Waals surface area contributed by atoms with Crippen molar-refractivity contribution in [2.75, 3.05) is 50.2 Å². The number of rotatable bonds is 13. The van der Waals surface area contributed by atoms with Crippen LogP contribution < -0.4 is 25.4 Å². The van der Waals surface area contributed by atoms with E-state index in [1.54, 1.807) is 6.92 Å².